The van der Waals surface area contributed by atoms with E-state index in [1.807, 2.05) is 12.2 Å². The molecule has 2 aromatic rings. The number of carbonyl (C=O) groups is 1. The zero-order valence-corrected chi connectivity index (χ0v) is 22.3. The zero-order valence-electron chi connectivity index (χ0n) is 22.3. The minimum absolute atomic E-state index is 0.0179. The van der Waals surface area contributed by atoms with Gasteiger partial charge in [-0.1, -0.05) is 74.4 Å². The fourth-order valence-corrected chi connectivity index (χ4v) is 5.24. The molecule has 0 aliphatic heterocycles. The molecule has 1 aliphatic carbocycles. The molecule has 0 saturated heterocycles. The Morgan fingerprint density at radius 1 is 0.946 bits per heavy atom. The van der Waals surface area contributed by atoms with Gasteiger partial charge in [0.05, 0.1) is 12.7 Å². The lowest BCUT2D eigenvalue weighted by atomic mass is 9.65. The predicted octanol–water partition coefficient (Wildman–Crippen LogP) is 7.37. The van der Waals surface area contributed by atoms with Gasteiger partial charge in [-0.05, 0) is 60.9 Å². The lowest BCUT2D eigenvalue weighted by Crippen LogP contribution is -2.30. The molecule has 0 bridgehead atoms. The van der Waals surface area contributed by atoms with Crippen molar-refractivity contribution in [3.8, 4) is 5.75 Å². The summed E-state index contributed by atoms with van der Waals surface area (Å²) in [6, 6.07) is 17.8. The third-order valence-electron chi connectivity index (χ3n) is 7.56. The van der Waals surface area contributed by atoms with Crippen LogP contribution in [0, 0.1) is 5.92 Å². The second-order valence-corrected chi connectivity index (χ2v) is 9.93. The summed E-state index contributed by atoms with van der Waals surface area (Å²) < 4.78 is 16.6. The minimum Gasteiger partial charge on any atom is -0.491 e. The summed E-state index contributed by atoms with van der Waals surface area (Å²) in [6.45, 7) is 12.0. The smallest absolute Gasteiger partial charge is 0.330 e. The number of ether oxygens (including phenoxy) is 3. The Morgan fingerprint density at radius 2 is 1.59 bits per heavy atom. The molecule has 198 valence electrons. The van der Waals surface area contributed by atoms with Gasteiger partial charge in [0.2, 0.25) is 0 Å². The lowest BCUT2D eigenvalue weighted by molar-refractivity contribution is -0.138. The molecule has 0 amide bonds. The van der Waals surface area contributed by atoms with Crippen LogP contribution < -0.4 is 4.74 Å². The molecule has 2 unspecified atom stereocenters. The first-order chi connectivity index (χ1) is 18.0. The average Bonchev–Trinajstić information content (AvgIpc) is 2.96. The van der Waals surface area contributed by atoms with Crippen LogP contribution in [0.1, 0.15) is 61.6 Å². The van der Waals surface area contributed by atoms with Crippen molar-refractivity contribution < 1.29 is 19.0 Å². The van der Waals surface area contributed by atoms with E-state index >= 15 is 0 Å². The molecule has 0 radical (unpaired) electrons. The number of hydrogen-bond donors (Lipinski definition) is 0. The van der Waals surface area contributed by atoms with Crippen LogP contribution in [0.2, 0.25) is 0 Å². The fourth-order valence-electron chi connectivity index (χ4n) is 5.24. The summed E-state index contributed by atoms with van der Waals surface area (Å²) in [6.07, 6.45) is 13.6. The molecule has 1 aliphatic rings. The van der Waals surface area contributed by atoms with Crippen LogP contribution >= 0.6 is 0 Å². The van der Waals surface area contributed by atoms with E-state index in [0.717, 1.165) is 37.9 Å². The molecule has 0 N–H and O–H groups in total. The molecular formula is C33H42O4. The van der Waals surface area contributed by atoms with Crippen LogP contribution in [-0.2, 0) is 26.1 Å². The van der Waals surface area contributed by atoms with Gasteiger partial charge >= 0.3 is 5.97 Å². The number of methoxy groups -OCH3 is 1. The van der Waals surface area contributed by atoms with Gasteiger partial charge in [-0.3, -0.25) is 0 Å². The Hall–Kier alpha value is -3.11. The van der Waals surface area contributed by atoms with E-state index in [2.05, 4.69) is 68.3 Å². The van der Waals surface area contributed by atoms with Gasteiger partial charge < -0.3 is 14.2 Å². The van der Waals surface area contributed by atoms with Crippen LogP contribution in [0.15, 0.2) is 86.5 Å². The van der Waals surface area contributed by atoms with E-state index in [-0.39, 0.29) is 23.4 Å². The topological polar surface area (TPSA) is 44.8 Å². The quantitative estimate of drug-likeness (QED) is 0.145. The summed E-state index contributed by atoms with van der Waals surface area (Å²) in [5.74, 6) is 0.608. The Labute approximate surface area is 223 Å². The second kappa shape index (κ2) is 14.6. The summed E-state index contributed by atoms with van der Waals surface area (Å²) in [5, 5.41) is 0. The van der Waals surface area contributed by atoms with E-state index < -0.39 is 0 Å². The average molecular weight is 503 g/mol. The molecule has 2 aromatic carbocycles. The first-order valence-electron chi connectivity index (χ1n) is 13.4. The van der Waals surface area contributed by atoms with E-state index in [4.69, 9.17) is 14.2 Å². The van der Waals surface area contributed by atoms with Gasteiger partial charge in [0.1, 0.15) is 12.4 Å². The number of carbonyl (C=O) groups excluding carboxylic acids is 1. The SMILES string of the molecule is C=CCC(COc1ccc(C2(c3ccc(CCC(C=C)COC(=O)C=C)cc3)CCCCC2)cc1)OC. The third-order valence-corrected chi connectivity index (χ3v) is 7.56. The number of esters is 1. The largest absolute Gasteiger partial charge is 0.491 e. The predicted molar refractivity (Wildman–Crippen MR) is 151 cm³/mol. The van der Waals surface area contributed by atoms with E-state index in [9.17, 15) is 4.79 Å². The zero-order chi connectivity index (χ0) is 26.5. The summed E-state index contributed by atoms with van der Waals surface area (Å²) in [5.41, 5.74) is 4.07. The Morgan fingerprint density at radius 3 is 2.16 bits per heavy atom. The Bertz CT molecular complexity index is 1000. The minimum atomic E-state index is -0.388. The first kappa shape index (κ1) is 28.5. The van der Waals surface area contributed by atoms with E-state index in [1.165, 1.54) is 42.0 Å². The molecule has 3 rings (SSSR count). The first-order valence-corrected chi connectivity index (χ1v) is 13.4. The number of hydrogen-bond acceptors (Lipinski definition) is 4. The van der Waals surface area contributed by atoms with Crippen LogP contribution in [0.4, 0.5) is 0 Å². The van der Waals surface area contributed by atoms with E-state index in [1.54, 1.807) is 7.11 Å². The molecule has 4 heteroatoms. The summed E-state index contributed by atoms with van der Waals surface area (Å²) in [4.78, 5) is 11.4. The molecule has 0 heterocycles. The van der Waals surface area contributed by atoms with Gasteiger partial charge in [-0.2, -0.15) is 0 Å². The molecule has 1 saturated carbocycles. The van der Waals surface area contributed by atoms with Crippen molar-refractivity contribution in [3.63, 3.8) is 0 Å². The van der Waals surface area contributed by atoms with Gasteiger partial charge in [0.15, 0.2) is 0 Å². The molecule has 0 spiro atoms. The number of rotatable bonds is 15. The van der Waals surface area contributed by atoms with E-state index in [0.29, 0.717) is 13.2 Å². The molecule has 2 atom stereocenters. The van der Waals surface area contributed by atoms with Crippen LogP contribution in [-0.4, -0.2) is 32.4 Å². The van der Waals surface area contributed by atoms with Gasteiger partial charge in [-0.15, -0.1) is 13.2 Å². The molecule has 4 nitrogen and oxygen atoms in total. The molecule has 37 heavy (non-hydrogen) atoms. The van der Waals surface area contributed by atoms with Crippen LogP contribution in [0.5, 0.6) is 5.75 Å². The van der Waals surface area contributed by atoms with Crippen LogP contribution in [0.25, 0.3) is 0 Å². The van der Waals surface area contributed by atoms with Crippen molar-refractivity contribution in [1.29, 1.82) is 0 Å². The Balaban J connectivity index is 1.69. The lowest BCUT2D eigenvalue weighted by Gasteiger charge is -2.39. The fraction of sp³-hybridized carbons (Fsp3) is 0.424. The van der Waals surface area contributed by atoms with Crippen molar-refractivity contribution in [2.45, 2.75) is 62.9 Å². The monoisotopic (exact) mass is 502 g/mol. The highest BCUT2D eigenvalue weighted by Crippen LogP contribution is 2.45. The second-order valence-electron chi connectivity index (χ2n) is 9.93. The van der Waals surface area contributed by atoms with Gasteiger partial charge in [0.25, 0.3) is 0 Å². The normalized spacial score (nSPS) is 16.2. The maximum atomic E-state index is 11.4. The standard InChI is InChI=1S/C33H42O4/c1-5-11-31(35-4)25-36-30-20-18-29(19-21-30)33(22-9-8-10-23-33)28-16-14-27(15-17-28)13-12-26(6-2)24-37-32(34)7-3/h5-7,14-21,26,31H,1-3,8-13,22-25H2,4H3. The van der Waals surface area contributed by atoms with Crippen molar-refractivity contribution in [3.05, 3.63) is 103 Å². The van der Waals surface area contributed by atoms with Gasteiger partial charge in [0, 0.05) is 24.5 Å². The molecular weight excluding hydrogens is 460 g/mol. The highest BCUT2D eigenvalue weighted by atomic mass is 16.5. The number of benzene rings is 2. The highest BCUT2D eigenvalue weighted by Gasteiger charge is 2.35. The van der Waals surface area contributed by atoms with Crippen molar-refractivity contribution >= 4 is 5.97 Å². The summed E-state index contributed by atoms with van der Waals surface area (Å²) in [7, 11) is 1.71. The number of aryl methyl sites for hydroxylation is 1. The Kier molecular flexibility index (Phi) is 11.2. The maximum absolute atomic E-state index is 11.4. The van der Waals surface area contributed by atoms with Gasteiger partial charge in [-0.25, -0.2) is 4.79 Å². The highest BCUT2D eigenvalue weighted by molar-refractivity contribution is 5.81. The van der Waals surface area contributed by atoms with Crippen molar-refractivity contribution in [1.82, 2.24) is 0 Å². The van der Waals surface area contributed by atoms with Crippen molar-refractivity contribution in [2.24, 2.45) is 5.92 Å². The van der Waals surface area contributed by atoms with Crippen molar-refractivity contribution in [2.75, 3.05) is 20.3 Å². The summed E-state index contributed by atoms with van der Waals surface area (Å²) >= 11 is 0. The molecule has 1 fully saturated rings. The third kappa shape index (κ3) is 7.93. The maximum Gasteiger partial charge on any atom is 0.330 e. The van der Waals surface area contributed by atoms with Crippen LogP contribution in [0.3, 0.4) is 0 Å². The molecule has 0 aromatic heterocycles.